The molecule has 2 aliphatic heterocycles. The van der Waals surface area contributed by atoms with Crippen LogP contribution in [0.3, 0.4) is 0 Å². The van der Waals surface area contributed by atoms with Crippen molar-refractivity contribution in [2.24, 2.45) is 0 Å². The molecule has 0 amide bonds. The summed E-state index contributed by atoms with van der Waals surface area (Å²) in [6, 6.07) is 15.7. The molecule has 130 valence electrons. The summed E-state index contributed by atoms with van der Waals surface area (Å²) in [4.78, 5) is 2.09. The van der Waals surface area contributed by atoms with Gasteiger partial charge >= 0.3 is 0 Å². The van der Waals surface area contributed by atoms with Crippen LogP contribution in [0.1, 0.15) is 31.2 Å². The lowest BCUT2D eigenvalue weighted by Gasteiger charge is -2.29. The molecule has 1 atom stereocenters. The second-order valence-corrected chi connectivity index (χ2v) is 8.14. The van der Waals surface area contributed by atoms with Gasteiger partial charge in [0.15, 0.2) is 6.54 Å². The summed E-state index contributed by atoms with van der Waals surface area (Å²) in [5.74, 6) is 1.20. The molecule has 0 spiro atoms. The summed E-state index contributed by atoms with van der Waals surface area (Å²) in [6.07, 6.45) is 4.54. The van der Waals surface area contributed by atoms with Gasteiger partial charge in [0.05, 0.1) is 6.54 Å². The van der Waals surface area contributed by atoms with E-state index in [1.54, 1.807) is 0 Å². The molecule has 2 aliphatic rings. The third-order valence-electron chi connectivity index (χ3n) is 5.11. The first-order chi connectivity index (χ1) is 12.1. The van der Waals surface area contributed by atoms with Crippen LogP contribution in [0.25, 0.3) is 0 Å². The number of aliphatic hydroxyl groups is 1. The van der Waals surface area contributed by atoms with Gasteiger partial charge in [0.2, 0.25) is 0 Å². The maximum absolute atomic E-state index is 11.8. The summed E-state index contributed by atoms with van der Waals surface area (Å²) < 4.78 is 3.35. The maximum Gasteiger partial charge on any atom is 0.275 e. The number of halogens is 2. The fourth-order valence-corrected chi connectivity index (χ4v) is 4.39. The molecule has 0 radical (unpaired) electrons. The van der Waals surface area contributed by atoms with Crippen LogP contribution >= 0.6 is 27.5 Å². The molecule has 3 nitrogen and oxygen atoms in total. The zero-order valence-corrected chi connectivity index (χ0v) is 16.3. The van der Waals surface area contributed by atoms with Crippen LogP contribution in [-0.4, -0.2) is 28.6 Å². The first kappa shape index (κ1) is 17.1. The van der Waals surface area contributed by atoms with Gasteiger partial charge in [-0.15, -0.1) is 0 Å². The van der Waals surface area contributed by atoms with Crippen molar-refractivity contribution in [3.63, 3.8) is 0 Å². The molecule has 1 N–H and O–H groups in total. The van der Waals surface area contributed by atoms with Crippen LogP contribution < -0.4 is 4.90 Å². The first-order valence-corrected chi connectivity index (χ1v) is 9.90. The Hall–Kier alpha value is -1.36. The predicted octanol–water partition coefficient (Wildman–Crippen LogP) is 4.75. The Balaban J connectivity index is 1.84. The minimum absolute atomic E-state index is 0.580. The maximum atomic E-state index is 11.8. The summed E-state index contributed by atoms with van der Waals surface area (Å²) in [6.45, 7) is 1.57. The molecule has 0 saturated heterocycles. The minimum atomic E-state index is -1.09. The summed E-state index contributed by atoms with van der Waals surface area (Å²) in [5.41, 5.74) is 0.756. The molecule has 5 heteroatoms. The van der Waals surface area contributed by atoms with E-state index in [0.717, 1.165) is 35.1 Å². The molecule has 0 saturated carbocycles. The highest BCUT2D eigenvalue weighted by atomic mass is 79.9. The molecule has 2 heterocycles. The lowest BCUT2D eigenvalue weighted by Crippen LogP contribution is -2.47. The van der Waals surface area contributed by atoms with Crippen molar-refractivity contribution in [1.29, 1.82) is 0 Å². The van der Waals surface area contributed by atoms with E-state index in [-0.39, 0.29) is 0 Å². The highest BCUT2D eigenvalue weighted by molar-refractivity contribution is 9.10. The molecular weight excluding hydrogens is 400 g/mol. The topological polar surface area (TPSA) is 26.5 Å². The number of anilines is 1. The zero-order valence-electron chi connectivity index (χ0n) is 14.0. The molecule has 2 aromatic rings. The van der Waals surface area contributed by atoms with Crippen LogP contribution in [-0.2, 0) is 5.72 Å². The van der Waals surface area contributed by atoms with Gasteiger partial charge in [0.25, 0.3) is 11.6 Å². The SMILES string of the molecule is OC1(c2ccc(Br)cc2)C[N+]2=C(CCCCC2)N1c1cccc(Cl)c1. The third kappa shape index (κ3) is 3.12. The van der Waals surface area contributed by atoms with Crippen molar-refractivity contribution >= 4 is 39.1 Å². The molecule has 25 heavy (non-hydrogen) atoms. The Morgan fingerprint density at radius 2 is 1.88 bits per heavy atom. The van der Waals surface area contributed by atoms with Crippen molar-refractivity contribution in [2.45, 2.75) is 31.4 Å². The van der Waals surface area contributed by atoms with Gasteiger partial charge in [0, 0.05) is 27.5 Å². The average Bonchev–Trinajstić information content (AvgIpc) is 2.72. The molecule has 2 aromatic carbocycles. The van der Waals surface area contributed by atoms with Crippen LogP contribution in [0.15, 0.2) is 53.0 Å². The average molecular weight is 421 g/mol. The van der Waals surface area contributed by atoms with E-state index < -0.39 is 5.72 Å². The quantitative estimate of drug-likeness (QED) is 0.710. The fourth-order valence-electron chi connectivity index (χ4n) is 3.94. The van der Waals surface area contributed by atoms with Crippen molar-refractivity contribution in [3.8, 4) is 0 Å². The van der Waals surface area contributed by atoms with E-state index in [1.807, 2.05) is 48.5 Å². The molecule has 1 unspecified atom stereocenters. The number of rotatable bonds is 2. The molecule has 0 fully saturated rings. The molecule has 0 aromatic heterocycles. The first-order valence-electron chi connectivity index (χ1n) is 8.73. The normalized spacial score (nSPS) is 23.6. The van der Waals surface area contributed by atoms with Gasteiger partial charge in [0.1, 0.15) is 5.69 Å². The van der Waals surface area contributed by atoms with Crippen molar-refractivity contribution in [2.75, 3.05) is 18.0 Å². The van der Waals surface area contributed by atoms with Crippen LogP contribution in [0.2, 0.25) is 5.02 Å². The number of benzene rings is 2. The van der Waals surface area contributed by atoms with Crippen LogP contribution in [0.4, 0.5) is 5.69 Å². The summed E-state index contributed by atoms with van der Waals surface area (Å²) in [5, 5.41) is 12.5. The Labute approximate surface area is 161 Å². The van der Waals surface area contributed by atoms with E-state index in [1.165, 1.54) is 18.7 Å². The Bertz CT molecular complexity index is 821. The minimum Gasteiger partial charge on any atom is -0.346 e. The van der Waals surface area contributed by atoms with E-state index in [4.69, 9.17) is 11.6 Å². The molecule has 4 rings (SSSR count). The van der Waals surface area contributed by atoms with Crippen LogP contribution in [0.5, 0.6) is 0 Å². The Morgan fingerprint density at radius 1 is 1.08 bits per heavy atom. The zero-order chi connectivity index (χ0) is 17.4. The second-order valence-electron chi connectivity index (χ2n) is 6.79. The number of amidine groups is 1. The third-order valence-corrected chi connectivity index (χ3v) is 5.87. The predicted molar refractivity (Wildman–Crippen MR) is 105 cm³/mol. The van der Waals surface area contributed by atoms with Gasteiger partial charge < -0.3 is 5.11 Å². The Kier molecular flexibility index (Phi) is 4.61. The highest BCUT2D eigenvalue weighted by Gasteiger charge is 2.54. The number of nitrogens with zero attached hydrogens (tertiary/aromatic N) is 2. The van der Waals surface area contributed by atoms with E-state index in [0.29, 0.717) is 11.6 Å². The second kappa shape index (κ2) is 6.75. The standard InChI is InChI=1S/C20H21BrClN2O/c21-16-10-8-15(9-11-16)20(25)14-23-12-3-1-2-7-19(23)24(20)18-6-4-5-17(22)13-18/h4-6,8-11,13,25H,1-3,7,12,14H2/q+1. The lowest BCUT2D eigenvalue weighted by molar-refractivity contribution is -0.534. The van der Waals surface area contributed by atoms with Gasteiger partial charge in [-0.2, -0.15) is 4.90 Å². The molecule has 0 bridgehead atoms. The largest absolute Gasteiger partial charge is 0.346 e. The van der Waals surface area contributed by atoms with E-state index in [2.05, 4.69) is 25.4 Å². The van der Waals surface area contributed by atoms with Gasteiger partial charge in [-0.05, 0) is 43.5 Å². The smallest absolute Gasteiger partial charge is 0.275 e. The van der Waals surface area contributed by atoms with Crippen LogP contribution in [0, 0.1) is 0 Å². The molecule has 0 aliphatic carbocycles. The van der Waals surface area contributed by atoms with Crippen molar-refractivity contribution in [1.82, 2.24) is 0 Å². The van der Waals surface area contributed by atoms with E-state index in [9.17, 15) is 5.11 Å². The number of hydrogen-bond acceptors (Lipinski definition) is 2. The van der Waals surface area contributed by atoms with Gasteiger partial charge in [-0.3, -0.25) is 4.58 Å². The van der Waals surface area contributed by atoms with E-state index >= 15 is 0 Å². The van der Waals surface area contributed by atoms with Crippen molar-refractivity contribution < 1.29 is 9.68 Å². The lowest BCUT2D eigenvalue weighted by atomic mass is 10.00. The molecular formula is C20H21BrClN2O+. The van der Waals surface area contributed by atoms with Gasteiger partial charge in [-0.1, -0.05) is 45.7 Å². The summed E-state index contributed by atoms with van der Waals surface area (Å²) in [7, 11) is 0. The highest BCUT2D eigenvalue weighted by Crippen LogP contribution is 2.38. The monoisotopic (exact) mass is 419 g/mol. The van der Waals surface area contributed by atoms with Gasteiger partial charge in [-0.25, -0.2) is 0 Å². The Morgan fingerprint density at radius 3 is 2.64 bits per heavy atom. The van der Waals surface area contributed by atoms with Crippen molar-refractivity contribution in [3.05, 3.63) is 63.6 Å². The number of hydrogen-bond donors (Lipinski definition) is 1. The fraction of sp³-hybridized carbons (Fsp3) is 0.350. The summed E-state index contributed by atoms with van der Waals surface area (Å²) >= 11 is 9.74.